The maximum absolute atomic E-state index is 4.72. The summed E-state index contributed by atoms with van der Waals surface area (Å²) in [6.45, 7) is 7.91. The highest BCUT2D eigenvalue weighted by atomic mass is 79.9. The molecule has 0 saturated carbocycles. The van der Waals surface area contributed by atoms with Crippen molar-refractivity contribution in [1.29, 1.82) is 0 Å². The number of anilines is 1. The zero-order valence-corrected chi connectivity index (χ0v) is 13.1. The fraction of sp³-hybridized carbons (Fsp3) is 0.714. The number of hydrogen-bond acceptors (Lipinski definition) is 3. The van der Waals surface area contributed by atoms with Gasteiger partial charge in [-0.25, -0.2) is 9.97 Å². The van der Waals surface area contributed by atoms with E-state index >= 15 is 0 Å². The largest absolute Gasteiger partial charge is 0.354 e. The average Bonchev–Trinajstić information content (AvgIpc) is 2.32. The third-order valence-electron chi connectivity index (χ3n) is 3.87. The molecule has 2 unspecified atom stereocenters. The first-order chi connectivity index (χ1) is 8.61. The number of piperidine rings is 1. The van der Waals surface area contributed by atoms with Crippen molar-refractivity contribution in [2.24, 2.45) is 5.92 Å². The van der Waals surface area contributed by atoms with Gasteiger partial charge >= 0.3 is 0 Å². The molecule has 2 atom stereocenters. The minimum atomic E-state index is 0.565. The second-order valence-corrected chi connectivity index (χ2v) is 6.08. The topological polar surface area (TPSA) is 29.0 Å². The first-order valence-corrected chi connectivity index (χ1v) is 7.71. The van der Waals surface area contributed by atoms with E-state index in [0.717, 1.165) is 41.5 Å². The van der Waals surface area contributed by atoms with Crippen molar-refractivity contribution in [3.63, 3.8) is 0 Å². The van der Waals surface area contributed by atoms with Gasteiger partial charge in [0.1, 0.15) is 16.2 Å². The molecule has 1 aliphatic heterocycles. The molecule has 18 heavy (non-hydrogen) atoms. The molecule has 1 aromatic rings. The maximum atomic E-state index is 4.72. The lowest BCUT2D eigenvalue weighted by molar-refractivity contribution is 0.361. The third-order valence-corrected chi connectivity index (χ3v) is 4.28. The van der Waals surface area contributed by atoms with Gasteiger partial charge < -0.3 is 4.90 Å². The number of rotatable bonds is 3. The molecule has 2 rings (SSSR count). The van der Waals surface area contributed by atoms with Crippen molar-refractivity contribution < 1.29 is 0 Å². The molecule has 100 valence electrons. The van der Waals surface area contributed by atoms with Crippen LogP contribution in [0, 0.1) is 5.92 Å². The van der Waals surface area contributed by atoms with Crippen molar-refractivity contribution in [1.82, 2.24) is 9.97 Å². The van der Waals surface area contributed by atoms with Crippen molar-refractivity contribution in [3.8, 4) is 0 Å². The summed E-state index contributed by atoms with van der Waals surface area (Å²) in [4.78, 5) is 11.6. The van der Waals surface area contributed by atoms with Crippen LogP contribution >= 0.6 is 15.9 Å². The fourth-order valence-corrected chi connectivity index (χ4v) is 3.00. The number of aromatic nitrogens is 2. The van der Waals surface area contributed by atoms with E-state index in [1.54, 1.807) is 0 Å². The van der Waals surface area contributed by atoms with Gasteiger partial charge in [-0.05, 0) is 48.0 Å². The predicted molar refractivity (Wildman–Crippen MR) is 78.9 cm³/mol. The summed E-state index contributed by atoms with van der Waals surface area (Å²) in [6, 6.07) is 2.61. The molecule has 2 heterocycles. The summed E-state index contributed by atoms with van der Waals surface area (Å²) in [5, 5.41) is 0. The van der Waals surface area contributed by atoms with Crippen LogP contribution in [0.25, 0.3) is 0 Å². The second-order valence-electron chi connectivity index (χ2n) is 5.27. The van der Waals surface area contributed by atoms with Crippen LogP contribution in [0.5, 0.6) is 0 Å². The smallest absolute Gasteiger partial charge is 0.133 e. The van der Waals surface area contributed by atoms with E-state index in [2.05, 4.69) is 46.6 Å². The lowest BCUT2D eigenvalue weighted by Gasteiger charge is -2.38. The second kappa shape index (κ2) is 6.00. The van der Waals surface area contributed by atoms with Crippen LogP contribution in [0.3, 0.4) is 0 Å². The van der Waals surface area contributed by atoms with Gasteiger partial charge in [-0.1, -0.05) is 13.8 Å². The van der Waals surface area contributed by atoms with E-state index in [-0.39, 0.29) is 0 Å². The summed E-state index contributed by atoms with van der Waals surface area (Å²) in [7, 11) is 0. The van der Waals surface area contributed by atoms with Gasteiger partial charge in [-0.15, -0.1) is 0 Å². The van der Waals surface area contributed by atoms with Gasteiger partial charge in [0.05, 0.1) is 0 Å². The summed E-state index contributed by atoms with van der Waals surface area (Å²) >= 11 is 3.51. The Labute approximate surface area is 118 Å². The van der Waals surface area contributed by atoms with Crippen LogP contribution < -0.4 is 4.90 Å². The van der Waals surface area contributed by atoms with Crippen LogP contribution in [0.15, 0.2) is 10.7 Å². The van der Waals surface area contributed by atoms with Crippen molar-refractivity contribution in [2.45, 2.75) is 52.5 Å². The predicted octanol–water partition coefficient (Wildman–Crippen LogP) is 3.82. The Morgan fingerprint density at radius 1 is 1.39 bits per heavy atom. The highest BCUT2D eigenvalue weighted by Crippen LogP contribution is 2.28. The molecule has 3 nitrogen and oxygen atoms in total. The number of nitrogens with zero attached hydrogens (tertiary/aromatic N) is 3. The summed E-state index contributed by atoms with van der Waals surface area (Å²) in [5.74, 6) is 2.77. The minimum Gasteiger partial charge on any atom is -0.354 e. The summed E-state index contributed by atoms with van der Waals surface area (Å²) in [5.41, 5.74) is 0. The third kappa shape index (κ3) is 3.02. The molecule has 1 saturated heterocycles. The van der Waals surface area contributed by atoms with Gasteiger partial charge in [0.15, 0.2) is 0 Å². The molecule has 0 spiro atoms. The van der Waals surface area contributed by atoms with Gasteiger partial charge in [-0.3, -0.25) is 0 Å². The first-order valence-electron chi connectivity index (χ1n) is 6.92. The Bertz CT molecular complexity index is 408. The molecule has 0 aliphatic carbocycles. The fourth-order valence-electron chi connectivity index (χ4n) is 2.59. The SMILES string of the molecule is CCCc1nc(Br)cc(N2CCCC(C)C2C)n1. The minimum absolute atomic E-state index is 0.565. The molecule has 0 amide bonds. The van der Waals surface area contributed by atoms with Crippen molar-refractivity contribution >= 4 is 21.7 Å². The molecule has 1 fully saturated rings. The first kappa shape index (κ1) is 13.8. The Balaban J connectivity index is 2.26. The van der Waals surface area contributed by atoms with Crippen LogP contribution in [-0.4, -0.2) is 22.6 Å². The Morgan fingerprint density at radius 3 is 2.89 bits per heavy atom. The van der Waals surface area contributed by atoms with Crippen LogP contribution in [-0.2, 0) is 6.42 Å². The molecule has 1 aromatic heterocycles. The normalized spacial score (nSPS) is 24.3. The molecular formula is C14H22BrN3. The molecule has 0 aromatic carbocycles. The average molecular weight is 312 g/mol. The number of halogens is 1. The molecule has 0 N–H and O–H groups in total. The highest BCUT2D eigenvalue weighted by Gasteiger charge is 2.26. The van der Waals surface area contributed by atoms with Crippen LogP contribution in [0.2, 0.25) is 0 Å². The highest BCUT2D eigenvalue weighted by molar-refractivity contribution is 9.10. The molecular weight excluding hydrogens is 290 g/mol. The zero-order valence-electron chi connectivity index (χ0n) is 11.5. The standard InChI is InChI=1S/C14H22BrN3/c1-4-6-13-16-12(15)9-14(17-13)18-8-5-7-10(2)11(18)3/h9-11H,4-8H2,1-3H3. The zero-order chi connectivity index (χ0) is 13.1. The summed E-state index contributed by atoms with van der Waals surface area (Å²) < 4.78 is 0.904. The molecule has 0 radical (unpaired) electrons. The van der Waals surface area contributed by atoms with Crippen LogP contribution in [0.1, 0.15) is 45.9 Å². The van der Waals surface area contributed by atoms with E-state index in [9.17, 15) is 0 Å². The number of hydrogen-bond donors (Lipinski definition) is 0. The van der Waals surface area contributed by atoms with E-state index in [1.807, 2.05) is 6.07 Å². The molecule has 4 heteroatoms. The Morgan fingerprint density at radius 2 is 2.17 bits per heavy atom. The van der Waals surface area contributed by atoms with E-state index in [1.165, 1.54) is 12.8 Å². The Kier molecular flexibility index (Phi) is 4.60. The van der Waals surface area contributed by atoms with Gasteiger partial charge in [-0.2, -0.15) is 0 Å². The van der Waals surface area contributed by atoms with Crippen molar-refractivity contribution in [3.05, 3.63) is 16.5 Å². The Hall–Kier alpha value is -0.640. The van der Waals surface area contributed by atoms with E-state index < -0.39 is 0 Å². The molecule has 0 bridgehead atoms. The maximum Gasteiger partial charge on any atom is 0.133 e. The van der Waals surface area contributed by atoms with Gasteiger partial charge in [0.25, 0.3) is 0 Å². The quantitative estimate of drug-likeness (QED) is 0.795. The van der Waals surface area contributed by atoms with Gasteiger partial charge in [0.2, 0.25) is 0 Å². The number of aryl methyl sites for hydroxylation is 1. The van der Waals surface area contributed by atoms with E-state index in [4.69, 9.17) is 4.98 Å². The lowest BCUT2D eigenvalue weighted by Crippen LogP contribution is -2.43. The van der Waals surface area contributed by atoms with E-state index in [0.29, 0.717) is 6.04 Å². The lowest BCUT2D eigenvalue weighted by atomic mass is 9.92. The monoisotopic (exact) mass is 311 g/mol. The summed E-state index contributed by atoms with van der Waals surface area (Å²) in [6.07, 6.45) is 4.62. The van der Waals surface area contributed by atoms with Crippen LogP contribution in [0.4, 0.5) is 5.82 Å². The van der Waals surface area contributed by atoms with Gasteiger partial charge in [0, 0.05) is 25.1 Å². The van der Waals surface area contributed by atoms with Crippen molar-refractivity contribution in [2.75, 3.05) is 11.4 Å². The molecule has 1 aliphatic rings.